The van der Waals surface area contributed by atoms with Crippen LogP contribution in [0.3, 0.4) is 0 Å². The van der Waals surface area contributed by atoms with Crippen LogP contribution < -0.4 is 5.73 Å². The number of nitrogen functional groups attached to an aromatic ring is 1. The summed E-state index contributed by atoms with van der Waals surface area (Å²) in [6.07, 6.45) is 5.83. The van der Waals surface area contributed by atoms with Gasteiger partial charge in [-0.3, -0.25) is 0 Å². The molecule has 0 atom stereocenters. The van der Waals surface area contributed by atoms with Crippen LogP contribution in [0, 0.1) is 11.3 Å². The third-order valence-electron chi connectivity index (χ3n) is 2.91. The molecule has 1 saturated carbocycles. The van der Waals surface area contributed by atoms with E-state index in [1.807, 2.05) is 18.3 Å². The molecule has 1 aliphatic carbocycles. The normalized spacial score (nSPS) is 14.5. The number of aromatic nitrogens is 3. The second-order valence-electron chi connectivity index (χ2n) is 4.17. The summed E-state index contributed by atoms with van der Waals surface area (Å²) in [6, 6.07) is 5.63. The summed E-state index contributed by atoms with van der Waals surface area (Å²) in [4.78, 5) is 4.17. The molecule has 5 nitrogen and oxygen atoms in total. The second-order valence-corrected chi connectivity index (χ2v) is 4.17. The van der Waals surface area contributed by atoms with Gasteiger partial charge in [0, 0.05) is 18.3 Å². The zero-order valence-corrected chi connectivity index (χ0v) is 9.17. The first-order valence-electron chi connectivity index (χ1n) is 5.50. The molecule has 2 heterocycles. The highest BCUT2D eigenvalue weighted by molar-refractivity contribution is 5.62. The van der Waals surface area contributed by atoms with E-state index < -0.39 is 0 Å². The van der Waals surface area contributed by atoms with E-state index in [4.69, 9.17) is 11.0 Å². The van der Waals surface area contributed by atoms with Crippen LogP contribution in [-0.4, -0.2) is 14.8 Å². The predicted molar refractivity (Wildman–Crippen MR) is 62.5 cm³/mol. The van der Waals surface area contributed by atoms with Gasteiger partial charge in [-0.15, -0.1) is 0 Å². The fourth-order valence-corrected chi connectivity index (χ4v) is 1.80. The standard InChI is InChI=1S/C12H11N5/c13-7-9-3-5-15-12(11(9)14)17-6-4-10(16-17)8-1-2-8/h3-6,8H,1-2,14H2. The Labute approximate surface area is 98.5 Å². The molecular weight excluding hydrogens is 214 g/mol. The van der Waals surface area contributed by atoms with Crippen LogP contribution in [0.4, 0.5) is 5.69 Å². The van der Waals surface area contributed by atoms with Crippen molar-refractivity contribution in [2.24, 2.45) is 0 Å². The molecule has 2 N–H and O–H groups in total. The fourth-order valence-electron chi connectivity index (χ4n) is 1.80. The largest absolute Gasteiger partial charge is 0.395 e. The molecule has 17 heavy (non-hydrogen) atoms. The molecule has 5 heteroatoms. The fraction of sp³-hybridized carbons (Fsp3) is 0.250. The van der Waals surface area contributed by atoms with Gasteiger partial charge in [-0.25, -0.2) is 9.67 Å². The monoisotopic (exact) mass is 225 g/mol. The average molecular weight is 225 g/mol. The van der Waals surface area contributed by atoms with Crippen molar-refractivity contribution in [1.29, 1.82) is 5.26 Å². The average Bonchev–Trinajstić information content (AvgIpc) is 3.08. The zero-order valence-electron chi connectivity index (χ0n) is 9.17. The predicted octanol–water partition coefficient (Wildman–Crippen LogP) is 1.60. The molecule has 0 amide bonds. The molecule has 2 aromatic heterocycles. The van der Waals surface area contributed by atoms with Gasteiger partial charge in [0.25, 0.3) is 0 Å². The van der Waals surface area contributed by atoms with Crippen LogP contribution in [-0.2, 0) is 0 Å². The third kappa shape index (κ3) is 1.64. The lowest BCUT2D eigenvalue weighted by atomic mass is 10.2. The van der Waals surface area contributed by atoms with Gasteiger partial charge in [0.15, 0.2) is 5.82 Å². The Morgan fingerprint density at radius 2 is 2.24 bits per heavy atom. The molecule has 0 radical (unpaired) electrons. The minimum absolute atomic E-state index is 0.375. The first-order valence-corrected chi connectivity index (χ1v) is 5.50. The number of hydrogen-bond donors (Lipinski definition) is 1. The van der Waals surface area contributed by atoms with Crippen molar-refractivity contribution in [2.45, 2.75) is 18.8 Å². The van der Waals surface area contributed by atoms with Gasteiger partial charge in [0.05, 0.1) is 16.9 Å². The molecule has 0 aromatic carbocycles. The minimum Gasteiger partial charge on any atom is -0.395 e. The molecule has 2 aromatic rings. The lowest BCUT2D eigenvalue weighted by Crippen LogP contribution is -2.05. The van der Waals surface area contributed by atoms with Crippen LogP contribution in [0.15, 0.2) is 24.5 Å². The van der Waals surface area contributed by atoms with Crippen LogP contribution in [0.25, 0.3) is 5.82 Å². The van der Waals surface area contributed by atoms with Crippen LogP contribution >= 0.6 is 0 Å². The van der Waals surface area contributed by atoms with Crippen molar-refractivity contribution in [3.8, 4) is 11.9 Å². The summed E-state index contributed by atoms with van der Waals surface area (Å²) in [5.41, 5.74) is 7.76. The van der Waals surface area contributed by atoms with Crippen LogP contribution in [0.1, 0.15) is 30.0 Å². The Morgan fingerprint density at radius 3 is 2.94 bits per heavy atom. The molecule has 0 saturated heterocycles. The number of anilines is 1. The number of hydrogen-bond acceptors (Lipinski definition) is 4. The molecule has 0 spiro atoms. The van der Waals surface area contributed by atoms with Gasteiger partial charge < -0.3 is 5.73 Å². The maximum Gasteiger partial charge on any atom is 0.177 e. The Morgan fingerprint density at radius 1 is 1.41 bits per heavy atom. The first kappa shape index (κ1) is 9.85. The highest BCUT2D eigenvalue weighted by atomic mass is 15.3. The Balaban J connectivity index is 2.05. The summed E-state index contributed by atoms with van der Waals surface area (Å²) in [5.74, 6) is 1.12. The number of rotatable bonds is 2. The van der Waals surface area contributed by atoms with Crippen molar-refractivity contribution >= 4 is 5.69 Å². The Bertz CT molecular complexity index is 604. The van der Waals surface area contributed by atoms with Crippen molar-refractivity contribution in [1.82, 2.24) is 14.8 Å². The SMILES string of the molecule is N#Cc1ccnc(-n2ccc(C3CC3)n2)c1N. The van der Waals surface area contributed by atoms with E-state index in [0.29, 0.717) is 23.0 Å². The summed E-state index contributed by atoms with van der Waals surface area (Å²) >= 11 is 0. The van der Waals surface area contributed by atoms with Gasteiger partial charge in [0.2, 0.25) is 0 Å². The van der Waals surface area contributed by atoms with Crippen molar-refractivity contribution in [3.63, 3.8) is 0 Å². The van der Waals surface area contributed by atoms with E-state index in [2.05, 4.69) is 10.1 Å². The van der Waals surface area contributed by atoms with Crippen molar-refractivity contribution in [2.75, 3.05) is 5.73 Å². The molecule has 84 valence electrons. The minimum atomic E-state index is 0.375. The Kier molecular flexibility index (Phi) is 2.08. The van der Waals surface area contributed by atoms with Gasteiger partial charge >= 0.3 is 0 Å². The van der Waals surface area contributed by atoms with Gasteiger partial charge in [-0.05, 0) is 25.0 Å². The number of nitriles is 1. The van der Waals surface area contributed by atoms with E-state index in [0.717, 1.165) is 5.69 Å². The molecule has 0 aliphatic heterocycles. The zero-order chi connectivity index (χ0) is 11.8. The van der Waals surface area contributed by atoms with E-state index in [9.17, 15) is 0 Å². The molecule has 1 aliphatic rings. The maximum atomic E-state index is 8.91. The van der Waals surface area contributed by atoms with Crippen LogP contribution in [0.2, 0.25) is 0 Å². The summed E-state index contributed by atoms with van der Waals surface area (Å²) in [6.45, 7) is 0. The lowest BCUT2D eigenvalue weighted by molar-refractivity contribution is 0.815. The molecule has 0 bridgehead atoms. The van der Waals surface area contributed by atoms with Gasteiger partial charge in [-0.2, -0.15) is 10.4 Å². The number of pyridine rings is 1. The van der Waals surface area contributed by atoms with Crippen molar-refractivity contribution < 1.29 is 0 Å². The number of nitrogens with two attached hydrogens (primary N) is 1. The topological polar surface area (TPSA) is 80.5 Å². The van der Waals surface area contributed by atoms with E-state index in [1.54, 1.807) is 16.9 Å². The summed E-state index contributed by atoms with van der Waals surface area (Å²) in [7, 11) is 0. The Hall–Kier alpha value is -2.35. The molecule has 1 fully saturated rings. The molecule has 0 unspecified atom stereocenters. The smallest absolute Gasteiger partial charge is 0.177 e. The van der Waals surface area contributed by atoms with E-state index >= 15 is 0 Å². The highest BCUT2D eigenvalue weighted by Gasteiger charge is 2.26. The maximum absolute atomic E-state index is 8.91. The molecule has 3 rings (SSSR count). The van der Waals surface area contributed by atoms with E-state index in [1.165, 1.54) is 12.8 Å². The quantitative estimate of drug-likeness (QED) is 0.841. The first-order chi connectivity index (χ1) is 8.29. The van der Waals surface area contributed by atoms with Crippen LogP contribution in [0.5, 0.6) is 0 Å². The number of nitrogens with zero attached hydrogens (tertiary/aromatic N) is 4. The van der Waals surface area contributed by atoms with Gasteiger partial charge in [0.1, 0.15) is 6.07 Å². The van der Waals surface area contributed by atoms with Crippen molar-refractivity contribution in [3.05, 3.63) is 35.8 Å². The second kappa shape index (κ2) is 3.59. The summed E-state index contributed by atoms with van der Waals surface area (Å²) < 4.78 is 1.64. The summed E-state index contributed by atoms with van der Waals surface area (Å²) in [5, 5.41) is 13.3. The highest BCUT2D eigenvalue weighted by Crippen LogP contribution is 2.39. The third-order valence-corrected chi connectivity index (χ3v) is 2.91. The lowest BCUT2D eigenvalue weighted by Gasteiger charge is -2.05. The van der Waals surface area contributed by atoms with Gasteiger partial charge in [-0.1, -0.05) is 0 Å². The van der Waals surface area contributed by atoms with E-state index in [-0.39, 0.29) is 0 Å². The molecular formula is C12H11N5.